The zero-order valence-corrected chi connectivity index (χ0v) is 21.3. The lowest BCUT2D eigenvalue weighted by Crippen LogP contribution is -2.58. The predicted octanol–water partition coefficient (Wildman–Crippen LogP) is 2.91. The molecule has 2 aromatic rings. The number of hydrogen-bond acceptors (Lipinski definition) is 9. The number of rotatable bonds is 7. The normalized spacial score (nSPS) is 17.7. The molecule has 1 aromatic heterocycles. The van der Waals surface area contributed by atoms with E-state index in [2.05, 4.69) is 31.4 Å². The van der Waals surface area contributed by atoms with Gasteiger partial charge in [0.25, 0.3) is 0 Å². The summed E-state index contributed by atoms with van der Waals surface area (Å²) in [4.78, 5) is 18.7. The SMILES string of the molecule is COCOc1ccccc1-c1cc2c(nn1)NCC1CN(CCN(C)C(=O)OC(C)(C)C)CCN21. The molecular weight excluding hydrogens is 448 g/mol. The van der Waals surface area contributed by atoms with Gasteiger partial charge in [-0.25, -0.2) is 4.79 Å². The second kappa shape index (κ2) is 10.7. The van der Waals surface area contributed by atoms with Crippen molar-refractivity contribution < 1.29 is 19.0 Å². The van der Waals surface area contributed by atoms with Crippen LogP contribution in [-0.2, 0) is 9.47 Å². The molecule has 0 saturated carbocycles. The molecule has 0 bridgehead atoms. The van der Waals surface area contributed by atoms with E-state index in [1.165, 1.54) is 0 Å². The smallest absolute Gasteiger partial charge is 0.410 e. The first-order valence-corrected chi connectivity index (χ1v) is 12.0. The average molecular weight is 485 g/mol. The maximum absolute atomic E-state index is 12.3. The van der Waals surface area contributed by atoms with Crippen LogP contribution in [0.3, 0.4) is 0 Å². The molecule has 1 N–H and O–H groups in total. The second-order valence-electron chi connectivity index (χ2n) is 9.94. The van der Waals surface area contributed by atoms with Crippen LogP contribution in [0, 0.1) is 0 Å². The lowest BCUT2D eigenvalue weighted by Gasteiger charge is -2.46. The summed E-state index contributed by atoms with van der Waals surface area (Å²) < 4.78 is 16.3. The summed E-state index contributed by atoms with van der Waals surface area (Å²) in [6.07, 6.45) is -0.287. The molecule has 10 heteroatoms. The lowest BCUT2D eigenvalue weighted by molar-refractivity contribution is 0.0280. The molecule has 1 saturated heterocycles. The first-order chi connectivity index (χ1) is 16.7. The zero-order chi connectivity index (χ0) is 25.0. The van der Waals surface area contributed by atoms with Gasteiger partial charge < -0.3 is 29.3 Å². The largest absolute Gasteiger partial charge is 0.467 e. The second-order valence-corrected chi connectivity index (χ2v) is 9.94. The number of likely N-dealkylation sites (N-methyl/N-ethyl adjacent to an activating group) is 1. The number of hydrogen-bond donors (Lipinski definition) is 1. The first-order valence-electron chi connectivity index (χ1n) is 12.0. The van der Waals surface area contributed by atoms with E-state index in [1.807, 2.05) is 45.0 Å². The van der Waals surface area contributed by atoms with Crippen molar-refractivity contribution in [1.82, 2.24) is 20.0 Å². The minimum Gasteiger partial charge on any atom is -0.467 e. The van der Waals surface area contributed by atoms with Crippen molar-refractivity contribution in [3.05, 3.63) is 30.3 Å². The molecule has 1 amide bonds. The van der Waals surface area contributed by atoms with Gasteiger partial charge in [0.2, 0.25) is 0 Å². The molecular formula is C25H36N6O4. The maximum Gasteiger partial charge on any atom is 0.410 e. The van der Waals surface area contributed by atoms with Gasteiger partial charge in [0.1, 0.15) is 11.4 Å². The Hall–Kier alpha value is -3.11. The van der Waals surface area contributed by atoms with Gasteiger partial charge in [0, 0.05) is 59.0 Å². The van der Waals surface area contributed by atoms with E-state index in [4.69, 9.17) is 14.2 Å². The van der Waals surface area contributed by atoms with Crippen molar-refractivity contribution in [3.8, 4) is 17.0 Å². The summed E-state index contributed by atoms with van der Waals surface area (Å²) in [6.45, 7) is 10.7. The number of nitrogens with one attached hydrogen (secondary N) is 1. The van der Waals surface area contributed by atoms with Crippen LogP contribution in [0.1, 0.15) is 20.8 Å². The van der Waals surface area contributed by atoms with Crippen molar-refractivity contribution in [1.29, 1.82) is 0 Å². The van der Waals surface area contributed by atoms with Crippen molar-refractivity contribution in [2.24, 2.45) is 0 Å². The number of para-hydroxylation sites is 1. The summed E-state index contributed by atoms with van der Waals surface area (Å²) >= 11 is 0. The highest BCUT2D eigenvalue weighted by molar-refractivity contribution is 5.76. The number of carbonyl (C=O) groups is 1. The van der Waals surface area contributed by atoms with Gasteiger partial charge in [-0.2, -0.15) is 0 Å². The summed E-state index contributed by atoms with van der Waals surface area (Å²) in [6, 6.07) is 10.2. The lowest BCUT2D eigenvalue weighted by atomic mass is 10.1. The highest BCUT2D eigenvalue weighted by Crippen LogP contribution is 2.36. The van der Waals surface area contributed by atoms with Gasteiger partial charge in [0.15, 0.2) is 12.6 Å². The Labute approximate surface area is 207 Å². The van der Waals surface area contributed by atoms with Crippen LogP contribution in [0.25, 0.3) is 11.3 Å². The van der Waals surface area contributed by atoms with E-state index in [-0.39, 0.29) is 12.9 Å². The highest BCUT2D eigenvalue weighted by atomic mass is 16.7. The Morgan fingerprint density at radius 2 is 2.03 bits per heavy atom. The molecule has 10 nitrogen and oxygen atoms in total. The van der Waals surface area contributed by atoms with Gasteiger partial charge in [-0.3, -0.25) is 4.90 Å². The maximum atomic E-state index is 12.3. The topological polar surface area (TPSA) is 92.3 Å². The molecule has 1 fully saturated rings. The number of benzene rings is 1. The number of carbonyl (C=O) groups excluding carboxylic acids is 1. The Bertz CT molecular complexity index is 1030. The molecule has 2 aliphatic heterocycles. The van der Waals surface area contributed by atoms with Crippen molar-refractivity contribution >= 4 is 17.6 Å². The Balaban J connectivity index is 1.41. The number of anilines is 2. The number of ether oxygens (including phenoxy) is 3. The summed E-state index contributed by atoms with van der Waals surface area (Å²) in [5, 5.41) is 12.4. The first kappa shape index (κ1) is 25.0. The fourth-order valence-corrected chi connectivity index (χ4v) is 4.34. The molecule has 2 aliphatic rings. The number of methoxy groups -OCH3 is 1. The third-order valence-electron chi connectivity index (χ3n) is 6.11. The molecule has 0 radical (unpaired) electrons. The van der Waals surface area contributed by atoms with Gasteiger partial charge in [-0.1, -0.05) is 12.1 Å². The van der Waals surface area contributed by atoms with Crippen molar-refractivity contribution in [2.75, 3.05) is 70.4 Å². The minimum absolute atomic E-state index is 0.171. The van der Waals surface area contributed by atoms with E-state index >= 15 is 0 Å². The van der Waals surface area contributed by atoms with Crippen LogP contribution in [0.15, 0.2) is 30.3 Å². The summed E-state index contributed by atoms with van der Waals surface area (Å²) in [5.74, 6) is 1.52. The van der Waals surface area contributed by atoms with Gasteiger partial charge in [0.05, 0.1) is 17.4 Å². The average Bonchev–Trinajstić information content (AvgIpc) is 2.84. The Kier molecular flexibility index (Phi) is 7.61. The fraction of sp³-hybridized carbons (Fsp3) is 0.560. The van der Waals surface area contributed by atoms with Crippen LogP contribution < -0.4 is 15.0 Å². The van der Waals surface area contributed by atoms with E-state index in [0.29, 0.717) is 18.3 Å². The number of fused-ring (bicyclic) bond motifs is 3. The number of amides is 1. The minimum atomic E-state index is -0.490. The summed E-state index contributed by atoms with van der Waals surface area (Å²) in [5.41, 5.74) is 2.21. The van der Waals surface area contributed by atoms with E-state index < -0.39 is 5.60 Å². The zero-order valence-electron chi connectivity index (χ0n) is 21.3. The summed E-state index contributed by atoms with van der Waals surface area (Å²) in [7, 11) is 3.39. The molecule has 190 valence electrons. The van der Waals surface area contributed by atoms with Crippen molar-refractivity contribution in [2.45, 2.75) is 32.4 Å². The Morgan fingerprint density at radius 1 is 1.23 bits per heavy atom. The van der Waals surface area contributed by atoms with Crippen LogP contribution in [-0.4, -0.2) is 98.0 Å². The van der Waals surface area contributed by atoms with Crippen LogP contribution in [0.2, 0.25) is 0 Å². The van der Waals surface area contributed by atoms with Gasteiger partial charge in [-0.05, 0) is 39.0 Å². The number of piperazine rings is 1. The van der Waals surface area contributed by atoms with Crippen LogP contribution in [0.4, 0.5) is 16.3 Å². The monoisotopic (exact) mass is 484 g/mol. The highest BCUT2D eigenvalue weighted by Gasteiger charge is 2.33. The number of nitrogens with zero attached hydrogens (tertiary/aromatic N) is 5. The molecule has 0 spiro atoms. The third-order valence-corrected chi connectivity index (χ3v) is 6.11. The van der Waals surface area contributed by atoms with Crippen molar-refractivity contribution in [3.63, 3.8) is 0 Å². The van der Waals surface area contributed by atoms with E-state index in [1.54, 1.807) is 19.1 Å². The standard InChI is InChI=1S/C25H36N6O4/c1-25(2,3)35-24(32)29(4)10-11-30-12-13-31-18(16-30)15-26-23-21(31)14-20(27-28-23)19-8-6-7-9-22(19)34-17-33-5/h6-9,14,18H,10-13,15-17H2,1-5H3,(H,26,28). The molecule has 1 atom stereocenters. The molecule has 4 rings (SSSR count). The third kappa shape index (κ3) is 6.12. The predicted molar refractivity (Wildman–Crippen MR) is 135 cm³/mol. The van der Waals surface area contributed by atoms with Gasteiger partial charge >= 0.3 is 6.09 Å². The molecule has 35 heavy (non-hydrogen) atoms. The number of aromatic nitrogens is 2. The van der Waals surface area contributed by atoms with Gasteiger partial charge in [-0.15, -0.1) is 10.2 Å². The Morgan fingerprint density at radius 3 is 2.80 bits per heavy atom. The molecule has 0 aliphatic carbocycles. The fourth-order valence-electron chi connectivity index (χ4n) is 4.34. The van der Waals surface area contributed by atoms with E-state index in [0.717, 1.165) is 55.5 Å². The van der Waals surface area contributed by atoms with E-state index in [9.17, 15) is 4.79 Å². The molecule has 3 heterocycles. The molecule has 1 aromatic carbocycles. The molecule has 1 unspecified atom stereocenters. The quantitative estimate of drug-likeness (QED) is 0.596. The van der Waals surface area contributed by atoms with Crippen LogP contribution >= 0.6 is 0 Å². The van der Waals surface area contributed by atoms with Crippen LogP contribution in [0.5, 0.6) is 5.75 Å².